The standard InChI is InChI=1S/C18H17Cl2N5O3/c1-10-15(23-28-22-10)9-16(26)25-4-2-11(3-5-25)18-21-17(24-27-18)12-6-13(19)8-14(20)7-12/h6-8,11H,2-5,9H2,1H3. The highest BCUT2D eigenvalue weighted by molar-refractivity contribution is 6.35. The molecule has 3 aromatic rings. The molecule has 1 saturated heterocycles. The minimum atomic E-state index is 0.0111. The summed E-state index contributed by atoms with van der Waals surface area (Å²) in [5, 5.41) is 12.5. The number of aryl methyl sites for hydroxylation is 1. The van der Waals surface area contributed by atoms with Crippen LogP contribution in [0.15, 0.2) is 27.4 Å². The summed E-state index contributed by atoms with van der Waals surface area (Å²) in [6, 6.07) is 5.13. The van der Waals surface area contributed by atoms with Gasteiger partial charge in [-0.15, -0.1) is 0 Å². The summed E-state index contributed by atoms with van der Waals surface area (Å²) in [5.41, 5.74) is 1.92. The maximum Gasteiger partial charge on any atom is 0.230 e. The van der Waals surface area contributed by atoms with Crippen molar-refractivity contribution in [3.8, 4) is 11.4 Å². The van der Waals surface area contributed by atoms with Crippen LogP contribution >= 0.6 is 23.2 Å². The van der Waals surface area contributed by atoms with Crippen LogP contribution in [0, 0.1) is 6.92 Å². The van der Waals surface area contributed by atoms with Gasteiger partial charge < -0.3 is 9.42 Å². The van der Waals surface area contributed by atoms with Gasteiger partial charge in [-0.1, -0.05) is 38.7 Å². The van der Waals surface area contributed by atoms with E-state index in [9.17, 15) is 4.79 Å². The lowest BCUT2D eigenvalue weighted by atomic mass is 9.96. The van der Waals surface area contributed by atoms with Gasteiger partial charge in [0.1, 0.15) is 11.4 Å². The number of halogens is 2. The van der Waals surface area contributed by atoms with Gasteiger partial charge in [0.2, 0.25) is 17.6 Å². The average Bonchev–Trinajstić information content (AvgIpc) is 3.31. The Bertz CT molecular complexity index is 975. The van der Waals surface area contributed by atoms with Crippen molar-refractivity contribution in [2.24, 2.45) is 0 Å². The van der Waals surface area contributed by atoms with Crippen molar-refractivity contribution in [3.05, 3.63) is 45.5 Å². The molecular formula is C18H17Cl2N5O3. The molecule has 1 fully saturated rings. The van der Waals surface area contributed by atoms with E-state index in [1.54, 1.807) is 25.1 Å². The zero-order chi connectivity index (χ0) is 19.7. The summed E-state index contributed by atoms with van der Waals surface area (Å²) in [6.45, 7) is 3.01. The van der Waals surface area contributed by atoms with E-state index < -0.39 is 0 Å². The second-order valence-corrected chi connectivity index (χ2v) is 7.62. The van der Waals surface area contributed by atoms with Crippen molar-refractivity contribution < 1.29 is 13.9 Å². The number of carbonyl (C=O) groups excluding carboxylic acids is 1. The zero-order valence-electron chi connectivity index (χ0n) is 15.1. The second-order valence-electron chi connectivity index (χ2n) is 6.74. The van der Waals surface area contributed by atoms with Crippen LogP contribution in [0.1, 0.15) is 36.0 Å². The minimum absolute atomic E-state index is 0.0111. The van der Waals surface area contributed by atoms with E-state index in [0.29, 0.717) is 51.8 Å². The smallest absolute Gasteiger partial charge is 0.230 e. The molecule has 10 heteroatoms. The number of amides is 1. The zero-order valence-corrected chi connectivity index (χ0v) is 16.6. The van der Waals surface area contributed by atoms with E-state index in [1.807, 2.05) is 4.90 Å². The fourth-order valence-corrected chi connectivity index (χ4v) is 3.77. The Labute approximate surface area is 170 Å². The molecule has 146 valence electrons. The highest BCUT2D eigenvalue weighted by Gasteiger charge is 2.28. The lowest BCUT2D eigenvalue weighted by Gasteiger charge is -2.30. The van der Waals surface area contributed by atoms with E-state index in [-0.39, 0.29) is 18.2 Å². The summed E-state index contributed by atoms with van der Waals surface area (Å²) < 4.78 is 10.1. The van der Waals surface area contributed by atoms with Gasteiger partial charge in [0, 0.05) is 34.6 Å². The third-order valence-corrected chi connectivity index (χ3v) is 5.26. The summed E-state index contributed by atoms with van der Waals surface area (Å²) in [7, 11) is 0. The molecule has 0 aliphatic carbocycles. The van der Waals surface area contributed by atoms with E-state index in [2.05, 4.69) is 25.1 Å². The molecule has 0 unspecified atom stereocenters. The first kappa shape index (κ1) is 18.9. The Balaban J connectivity index is 1.38. The molecular weight excluding hydrogens is 405 g/mol. The lowest BCUT2D eigenvalue weighted by Crippen LogP contribution is -2.39. The van der Waals surface area contributed by atoms with Gasteiger partial charge in [-0.05, 0) is 38.0 Å². The second kappa shape index (κ2) is 7.89. The Morgan fingerprint density at radius 1 is 1.14 bits per heavy atom. The van der Waals surface area contributed by atoms with E-state index >= 15 is 0 Å². The van der Waals surface area contributed by atoms with Gasteiger partial charge in [0.15, 0.2) is 0 Å². The molecule has 8 nitrogen and oxygen atoms in total. The third kappa shape index (κ3) is 4.02. The summed E-state index contributed by atoms with van der Waals surface area (Å²) in [6.07, 6.45) is 1.69. The van der Waals surface area contributed by atoms with Crippen LogP contribution in [0.5, 0.6) is 0 Å². The van der Waals surface area contributed by atoms with Crippen LogP contribution in [-0.4, -0.2) is 44.4 Å². The average molecular weight is 422 g/mol. The normalized spacial score (nSPS) is 15.2. The monoisotopic (exact) mass is 421 g/mol. The maximum absolute atomic E-state index is 12.5. The molecule has 28 heavy (non-hydrogen) atoms. The molecule has 0 radical (unpaired) electrons. The Kier molecular flexibility index (Phi) is 5.32. The number of hydrogen-bond donors (Lipinski definition) is 0. The topological polar surface area (TPSA) is 98.2 Å². The van der Waals surface area contributed by atoms with Crippen molar-refractivity contribution in [1.82, 2.24) is 25.4 Å². The van der Waals surface area contributed by atoms with Gasteiger partial charge in [-0.2, -0.15) is 4.98 Å². The maximum atomic E-state index is 12.5. The molecule has 1 aromatic carbocycles. The molecule has 1 aliphatic heterocycles. The van der Waals surface area contributed by atoms with Crippen molar-refractivity contribution in [1.29, 1.82) is 0 Å². The van der Waals surface area contributed by atoms with Crippen LogP contribution in [0.4, 0.5) is 0 Å². The molecule has 1 amide bonds. The lowest BCUT2D eigenvalue weighted by molar-refractivity contribution is -0.131. The van der Waals surface area contributed by atoms with Gasteiger partial charge in [-0.25, -0.2) is 4.63 Å². The van der Waals surface area contributed by atoms with E-state index in [1.165, 1.54) is 0 Å². The molecule has 0 N–H and O–H groups in total. The van der Waals surface area contributed by atoms with Crippen LogP contribution in [0.3, 0.4) is 0 Å². The SMILES string of the molecule is Cc1nonc1CC(=O)N1CCC(c2nc(-c3cc(Cl)cc(Cl)c3)no2)CC1. The third-order valence-electron chi connectivity index (χ3n) is 4.82. The van der Waals surface area contributed by atoms with E-state index in [0.717, 1.165) is 12.8 Å². The largest absolute Gasteiger partial charge is 0.342 e. The molecule has 0 atom stereocenters. The predicted octanol–water partition coefficient (Wildman–Crippen LogP) is 3.68. The van der Waals surface area contributed by atoms with Crippen LogP contribution in [0.25, 0.3) is 11.4 Å². The number of hydrogen-bond acceptors (Lipinski definition) is 7. The number of aromatic nitrogens is 4. The molecule has 0 bridgehead atoms. The Morgan fingerprint density at radius 3 is 2.50 bits per heavy atom. The first-order chi connectivity index (χ1) is 13.5. The predicted molar refractivity (Wildman–Crippen MR) is 101 cm³/mol. The van der Waals surface area contributed by atoms with Crippen LogP contribution in [0.2, 0.25) is 10.0 Å². The highest BCUT2D eigenvalue weighted by Crippen LogP contribution is 2.30. The summed E-state index contributed by atoms with van der Waals surface area (Å²) in [4.78, 5) is 18.8. The number of benzene rings is 1. The Morgan fingerprint density at radius 2 is 1.86 bits per heavy atom. The number of rotatable bonds is 4. The number of nitrogens with zero attached hydrogens (tertiary/aromatic N) is 5. The summed E-state index contributed by atoms with van der Waals surface area (Å²) >= 11 is 12.1. The quantitative estimate of drug-likeness (QED) is 0.633. The Hall–Kier alpha value is -2.45. The molecule has 4 rings (SSSR count). The molecule has 3 heterocycles. The van der Waals surface area contributed by atoms with Crippen molar-refractivity contribution in [2.45, 2.75) is 32.1 Å². The number of carbonyl (C=O) groups is 1. The molecule has 0 saturated carbocycles. The van der Waals surface area contributed by atoms with Gasteiger partial charge >= 0.3 is 0 Å². The van der Waals surface area contributed by atoms with Crippen LogP contribution in [-0.2, 0) is 11.2 Å². The molecule has 1 aliphatic rings. The highest BCUT2D eigenvalue weighted by atomic mass is 35.5. The number of piperidine rings is 1. The molecule has 2 aromatic heterocycles. The minimum Gasteiger partial charge on any atom is -0.342 e. The first-order valence-electron chi connectivity index (χ1n) is 8.85. The van der Waals surface area contributed by atoms with Crippen molar-refractivity contribution >= 4 is 29.1 Å². The van der Waals surface area contributed by atoms with Gasteiger partial charge in [0.05, 0.1) is 6.42 Å². The molecule has 0 spiro atoms. The van der Waals surface area contributed by atoms with Crippen molar-refractivity contribution in [3.63, 3.8) is 0 Å². The first-order valence-corrected chi connectivity index (χ1v) is 9.61. The fourth-order valence-electron chi connectivity index (χ4n) is 3.24. The van der Waals surface area contributed by atoms with Gasteiger partial charge in [0.25, 0.3) is 0 Å². The fraction of sp³-hybridized carbons (Fsp3) is 0.389. The number of likely N-dealkylation sites (tertiary alicyclic amines) is 1. The van der Waals surface area contributed by atoms with Crippen LogP contribution < -0.4 is 0 Å². The van der Waals surface area contributed by atoms with Crippen molar-refractivity contribution in [2.75, 3.05) is 13.1 Å². The van der Waals surface area contributed by atoms with Gasteiger partial charge in [-0.3, -0.25) is 4.79 Å². The van der Waals surface area contributed by atoms with E-state index in [4.69, 9.17) is 27.7 Å². The summed E-state index contributed by atoms with van der Waals surface area (Å²) in [5.74, 6) is 1.13.